The van der Waals surface area contributed by atoms with Crippen LogP contribution >= 0.6 is 0 Å². The Morgan fingerprint density at radius 3 is 2.18 bits per heavy atom. The third-order valence-electron chi connectivity index (χ3n) is 1.91. The van der Waals surface area contributed by atoms with Gasteiger partial charge < -0.3 is 10.1 Å². The predicted octanol–water partition coefficient (Wildman–Crippen LogP) is 0.204. The smallest absolute Gasteiger partial charge is 0.405 e. The number of halogens is 3. The first-order valence-corrected chi connectivity index (χ1v) is 4.85. The molecule has 0 aliphatic heterocycles. The molecule has 0 saturated heterocycles. The summed E-state index contributed by atoms with van der Waals surface area (Å²) in [5.41, 5.74) is 0. The van der Waals surface area contributed by atoms with Crippen LogP contribution in [0.5, 0.6) is 0 Å². The fourth-order valence-electron chi connectivity index (χ4n) is 1.04. The van der Waals surface area contributed by atoms with Gasteiger partial charge in [0.2, 0.25) is 5.91 Å². The molecule has 5 nitrogen and oxygen atoms in total. The Balaban J connectivity index is 4.10. The molecule has 0 heterocycles. The Labute approximate surface area is 96.7 Å². The number of ether oxygens (including phenoxy) is 1. The summed E-state index contributed by atoms with van der Waals surface area (Å²) in [6.07, 6.45) is -4.46. The maximum atomic E-state index is 11.8. The number of hydrogen-bond donors (Lipinski definition) is 2. The third kappa shape index (κ3) is 6.77. The SMILES string of the molecule is COC(=O)C(C)NC(C)C(=O)NCC(F)(F)F. The maximum Gasteiger partial charge on any atom is 0.405 e. The molecule has 1 amide bonds. The molecule has 2 N–H and O–H groups in total. The van der Waals surface area contributed by atoms with Crippen molar-refractivity contribution < 1.29 is 27.5 Å². The molecule has 0 rings (SSSR count). The van der Waals surface area contributed by atoms with Crippen LogP contribution < -0.4 is 10.6 Å². The number of carbonyl (C=O) groups excluding carboxylic acids is 2. The van der Waals surface area contributed by atoms with E-state index < -0.39 is 36.7 Å². The van der Waals surface area contributed by atoms with Crippen molar-refractivity contribution >= 4 is 11.9 Å². The number of esters is 1. The normalized spacial score (nSPS) is 14.9. The van der Waals surface area contributed by atoms with Gasteiger partial charge in [-0.2, -0.15) is 13.2 Å². The van der Waals surface area contributed by atoms with Gasteiger partial charge in [0.1, 0.15) is 12.6 Å². The average molecular weight is 256 g/mol. The highest BCUT2D eigenvalue weighted by molar-refractivity contribution is 5.82. The van der Waals surface area contributed by atoms with E-state index in [1.54, 1.807) is 5.32 Å². The van der Waals surface area contributed by atoms with Crippen LogP contribution in [0.4, 0.5) is 13.2 Å². The van der Waals surface area contributed by atoms with E-state index in [-0.39, 0.29) is 0 Å². The van der Waals surface area contributed by atoms with Gasteiger partial charge in [-0.1, -0.05) is 0 Å². The van der Waals surface area contributed by atoms with Crippen LogP contribution in [0.15, 0.2) is 0 Å². The minimum absolute atomic E-state index is 0.597. The zero-order chi connectivity index (χ0) is 13.6. The summed E-state index contributed by atoms with van der Waals surface area (Å²) < 4.78 is 39.8. The van der Waals surface area contributed by atoms with E-state index in [1.165, 1.54) is 21.0 Å². The van der Waals surface area contributed by atoms with Gasteiger partial charge in [0.15, 0.2) is 0 Å². The quantitative estimate of drug-likeness (QED) is 0.690. The fraction of sp³-hybridized carbons (Fsp3) is 0.778. The van der Waals surface area contributed by atoms with Gasteiger partial charge in [0.05, 0.1) is 13.2 Å². The van der Waals surface area contributed by atoms with E-state index in [2.05, 4.69) is 10.1 Å². The molecule has 0 aromatic heterocycles. The number of methoxy groups -OCH3 is 1. The predicted molar refractivity (Wildman–Crippen MR) is 53.1 cm³/mol. The summed E-state index contributed by atoms with van der Waals surface area (Å²) in [6.45, 7) is 1.40. The molecule has 17 heavy (non-hydrogen) atoms. The lowest BCUT2D eigenvalue weighted by atomic mass is 10.2. The van der Waals surface area contributed by atoms with Crippen molar-refractivity contribution in [3.8, 4) is 0 Å². The van der Waals surface area contributed by atoms with Crippen molar-refractivity contribution in [1.82, 2.24) is 10.6 Å². The average Bonchev–Trinajstić information content (AvgIpc) is 2.23. The number of alkyl halides is 3. The fourth-order valence-corrected chi connectivity index (χ4v) is 1.04. The number of carbonyl (C=O) groups is 2. The van der Waals surface area contributed by atoms with Crippen molar-refractivity contribution in [1.29, 1.82) is 0 Å². The minimum Gasteiger partial charge on any atom is -0.468 e. The molecular formula is C9H15F3N2O3. The molecule has 0 radical (unpaired) electrons. The van der Waals surface area contributed by atoms with Gasteiger partial charge in [-0.3, -0.25) is 14.9 Å². The van der Waals surface area contributed by atoms with Crippen LogP contribution in [0.2, 0.25) is 0 Å². The van der Waals surface area contributed by atoms with Crippen LogP contribution in [-0.4, -0.2) is 43.8 Å². The molecule has 2 unspecified atom stereocenters. The van der Waals surface area contributed by atoms with Gasteiger partial charge in [-0.25, -0.2) is 0 Å². The molecule has 0 saturated carbocycles. The summed E-state index contributed by atoms with van der Waals surface area (Å²) in [4.78, 5) is 22.2. The van der Waals surface area contributed by atoms with Crippen molar-refractivity contribution in [3.63, 3.8) is 0 Å². The zero-order valence-electron chi connectivity index (χ0n) is 9.72. The van der Waals surface area contributed by atoms with Crippen molar-refractivity contribution in [2.75, 3.05) is 13.7 Å². The van der Waals surface area contributed by atoms with Crippen molar-refractivity contribution in [2.24, 2.45) is 0 Å². The van der Waals surface area contributed by atoms with Crippen LogP contribution in [0.3, 0.4) is 0 Å². The van der Waals surface area contributed by atoms with Gasteiger partial charge in [-0.15, -0.1) is 0 Å². The van der Waals surface area contributed by atoms with Crippen molar-refractivity contribution in [3.05, 3.63) is 0 Å². The first-order valence-electron chi connectivity index (χ1n) is 4.85. The van der Waals surface area contributed by atoms with Crippen LogP contribution in [0.25, 0.3) is 0 Å². The molecule has 0 bridgehead atoms. The van der Waals surface area contributed by atoms with Gasteiger partial charge >= 0.3 is 12.1 Å². The third-order valence-corrected chi connectivity index (χ3v) is 1.91. The van der Waals surface area contributed by atoms with E-state index in [4.69, 9.17) is 0 Å². The van der Waals surface area contributed by atoms with E-state index in [0.29, 0.717) is 0 Å². The number of amides is 1. The molecule has 0 aromatic rings. The largest absolute Gasteiger partial charge is 0.468 e. The highest BCUT2D eigenvalue weighted by atomic mass is 19.4. The van der Waals surface area contributed by atoms with Crippen LogP contribution in [0.1, 0.15) is 13.8 Å². The Morgan fingerprint density at radius 2 is 1.76 bits per heavy atom. The first kappa shape index (κ1) is 15.7. The van der Waals surface area contributed by atoms with Crippen LogP contribution in [-0.2, 0) is 14.3 Å². The number of rotatable bonds is 5. The summed E-state index contributed by atoms with van der Waals surface area (Å²) >= 11 is 0. The highest BCUT2D eigenvalue weighted by Gasteiger charge is 2.29. The number of hydrogen-bond acceptors (Lipinski definition) is 4. The Hall–Kier alpha value is -1.31. The summed E-state index contributed by atoms with van der Waals surface area (Å²) in [6, 6.07) is -1.70. The van der Waals surface area contributed by atoms with Gasteiger partial charge in [0.25, 0.3) is 0 Å². The molecule has 0 aromatic carbocycles. The van der Waals surface area contributed by atoms with Crippen LogP contribution in [0, 0.1) is 0 Å². The molecule has 0 spiro atoms. The Morgan fingerprint density at radius 1 is 1.24 bits per heavy atom. The van der Waals surface area contributed by atoms with E-state index >= 15 is 0 Å². The molecule has 2 atom stereocenters. The number of nitrogens with one attached hydrogen (secondary N) is 2. The highest BCUT2D eigenvalue weighted by Crippen LogP contribution is 2.12. The molecule has 0 fully saturated rings. The standard InChI is InChI=1S/C9H15F3N2O3/c1-5(14-6(2)8(16)17-3)7(15)13-4-9(10,11)12/h5-6,14H,4H2,1-3H3,(H,13,15). The molecule has 100 valence electrons. The Kier molecular flexibility index (Phi) is 5.94. The maximum absolute atomic E-state index is 11.8. The zero-order valence-corrected chi connectivity index (χ0v) is 9.72. The van der Waals surface area contributed by atoms with Gasteiger partial charge in [0, 0.05) is 0 Å². The van der Waals surface area contributed by atoms with Crippen molar-refractivity contribution in [2.45, 2.75) is 32.1 Å². The monoisotopic (exact) mass is 256 g/mol. The molecule has 0 aliphatic rings. The second kappa shape index (κ2) is 6.43. The molecule has 0 aliphatic carbocycles. The second-order valence-electron chi connectivity index (χ2n) is 3.47. The molecular weight excluding hydrogens is 241 g/mol. The second-order valence-corrected chi connectivity index (χ2v) is 3.47. The van der Waals surface area contributed by atoms with E-state index in [1.807, 2.05) is 0 Å². The first-order chi connectivity index (χ1) is 7.67. The van der Waals surface area contributed by atoms with Gasteiger partial charge in [-0.05, 0) is 13.8 Å². The lowest BCUT2D eigenvalue weighted by Gasteiger charge is -2.18. The molecule has 8 heteroatoms. The van der Waals surface area contributed by atoms with E-state index in [9.17, 15) is 22.8 Å². The minimum atomic E-state index is -4.46. The van der Waals surface area contributed by atoms with E-state index in [0.717, 1.165) is 0 Å². The Bertz CT molecular complexity index is 281. The topological polar surface area (TPSA) is 67.4 Å². The lowest BCUT2D eigenvalue weighted by Crippen LogP contribution is -2.50. The lowest BCUT2D eigenvalue weighted by molar-refractivity contribution is -0.144. The summed E-state index contributed by atoms with van der Waals surface area (Å²) in [7, 11) is 1.18. The summed E-state index contributed by atoms with van der Waals surface area (Å²) in [5.74, 6) is -1.43. The summed E-state index contributed by atoms with van der Waals surface area (Å²) in [5, 5.41) is 4.22.